The van der Waals surface area contributed by atoms with Gasteiger partial charge in [0.25, 0.3) is 10.0 Å². The van der Waals surface area contributed by atoms with E-state index in [2.05, 4.69) is 0 Å². The molecular weight excluding hydrogens is 384 g/mol. The van der Waals surface area contributed by atoms with Crippen LogP contribution in [0, 0.1) is 0 Å². The van der Waals surface area contributed by atoms with Crippen molar-refractivity contribution in [1.29, 1.82) is 0 Å². The van der Waals surface area contributed by atoms with Crippen molar-refractivity contribution in [1.82, 2.24) is 4.90 Å². The van der Waals surface area contributed by atoms with Crippen molar-refractivity contribution in [3.05, 3.63) is 41.8 Å². The van der Waals surface area contributed by atoms with Crippen molar-refractivity contribution in [2.75, 3.05) is 31.0 Å². The minimum absolute atomic E-state index is 0.178. The van der Waals surface area contributed by atoms with Crippen molar-refractivity contribution in [2.45, 2.75) is 29.9 Å². The molecular formula is C19H24N2O4S2. The molecule has 0 saturated carbocycles. The first-order valence-electron chi connectivity index (χ1n) is 9.01. The van der Waals surface area contributed by atoms with Gasteiger partial charge >= 0.3 is 0 Å². The highest BCUT2D eigenvalue weighted by molar-refractivity contribution is 7.94. The van der Waals surface area contributed by atoms with E-state index in [-0.39, 0.29) is 16.7 Å². The third kappa shape index (κ3) is 4.44. The Labute approximate surface area is 164 Å². The zero-order valence-corrected chi connectivity index (χ0v) is 17.0. The number of likely N-dealkylation sites (tertiary alicyclic amines) is 1. The van der Waals surface area contributed by atoms with Crippen LogP contribution >= 0.6 is 11.3 Å². The fourth-order valence-corrected chi connectivity index (χ4v) is 5.73. The molecule has 0 N–H and O–H groups in total. The van der Waals surface area contributed by atoms with Gasteiger partial charge < -0.3 is 9.64 Å². The van der Waals surface area contributed by atoms with Crippen LogP contribution in [-0.4, -0.2) is 46.0 Å². The maximum atomic E-state index is 13.3. The highest BCUT2D eigenvalue weighted by Gasteiger charge is 2.31. The standard InChI is InChI=1S/C19H24N2O4S2/c1-25-17-10-5-4-9-16(17)21(27(23,24)19-11-8-14-26-19)15-18(22)20-12-6-2-3-7-13-20/h4-5,8-11,14H,2-3,6-7,12-13,15H2,1H3. The van der Waals surface area contributed by atoms with Gasteiger partial charge in [-0.25, -0.2) is 8.42 Å². The summed E-state index contributed by atoms with van der Waals surface area (Å²) < 4.78 is 33.3. The molecule has 1 aliphatic rings. The molecule has 1 aromatic carbocycles. The molecule has 0 bridgehead atoms. The summed E-state index contributed by atoms with van der Waals surface area (Å²) in [6.07, 6.45) is 4.12. The molecule has 0 radical (unpaired) electrons. The number of benzene rings is 1. The van der Waals surface area contributed by atoms with Crippen molar-refractivity contribution in [3.63, 3.8) is 0 Å². The highest BCUT2D eigenvalue weighted by atomic mass is 32.2. The third-order valence-corrected chi connectivity index (χ3v) is 7.76. The first-order chi connectivity index (χ1) is 13.0. The van der Waals surface area contributed by atoms with Gasteiger partial charge in [-0.15, -0.1) is 11.3 Å². The topological polar surface area (TPSA) is 66.9 Å². The average Bonchev–Trinajstić information content (AvgIpc) is 3.09. The fourth-order valence-electron chi connectivity index (χ4n) is 3.20. The van der Waals surface area contributed by atoms with E-state index in [1.54, 1.807) is 46.7 Å². The SMILES string of the molecule is COc1ccccc1N(CC(=O)N1CCCCCC1)S(=O)(=O)c1cccs1. The number of para-hydroxylation sites is 2. The zero-order chi connectivity index (χ0) is 19.3. The molecule has 2 heterocycles. The molecule has 1 amide bonds. The number of anilines is 1. The number of amides is 1. The van der Waals surface area contributed by atoms with Crippen LogP contribution in [0.3, 0.4) is 0 Å². The summed E-state index contributed by atoms with van der Waals surface area (Å²) >= 11 is 1.14. The second kappa shape index (κ2) is 8.75. The van der Waals surface area contributed by atoms with E-state index in [0.29, 0.717) is 24.5 Å². The first kappa shape index (κ1) is 19.7. The number of methoxy groups -OCH3 is 1. The van der Waals surface area contributed by atoms with Gasteiger partial charge in [0, 0.05) is 13.1 Å². The van der Waals surface area contributed by atoms with Crippen molar-refractivity contribution >= 4 is 33.0 Å². The van der Waals surface area contributed by atoms with Crippen LogP contribution in [0.5, 0.6) is 5.75 Å². The first-order valence-corrected chi connectivity index (χ1v) is 11.3. The number of hydrogen-bond donors (Lipinski definition) is 0. The Hall–Kier alpha value is -2.06. The summed E-state index contributed by atoms with van der Waals surface area (Å²) in [4.78, 5) is 14.7. The Morgan fingerprint density at radius 3 is 2.44 bits per heavy atom. The largest absolute Gasteiger partial charge is 0.495 e. The van der Waals surface area contributed by atoms with Crippen molar-refractivity contribution in [3.8, 4) is 5.75 Å². The van der Waals surface area contributed by atoms with E-state index in [1.165, 1.54) is 11.4 Å². The number of carbonyl (C=O) groups is 1. The van der Waals surface area contributed by atoms with E-state index in [1.807, 2.05) is 0 Å². The lowest BCUT2D eigenvalue weighted by atomic mass is 10.2. The molecule has 1 aromatic heterocycles. The normalized spacial score (nSPS) is 15.2. The van der Waals surface area contributed by atoms with Crippen molar-refractivity contribution < 1.29 is 17.9 Å². The van der Waals surface area contributed by atoms with Gasteiger partial charge in [-0.2, -0.15) is 0 Å². The lowest BCUT2D eigenvalue weighted by Gasteiger charge is -2.28. The zero-order valence-electron chi connectivity index (χ0n) is 15.3. The van der Waals surface area contributed by atoms with Gasteiger partial charge in [0.05, 0.1) is 12.8 Å². The Balaban J connectivity index is 1.96. The molecule has 146 valence electrons. The molecule has 1 saturated heterocycles. The minimum atomic E-state index is -3.86. The van der Waals surface area contributed by atoms with Gasteiger partial charge in [-0.3, -0.25) is 9.10 Å². The third-order valence-electron chi connectivity index (χ3n) is 4.63. The molecule has 0 aliphatic carbocycles. The molecule has 0 unspecified atom stereocenters. The molecule has 1 aliphatic heterocycles. The minimum Gasteiger partial charge on any atom is -0.495 e. The number of rotatable bonds is 6. The molecule has 6 nitrogen and oxygen atoms in total. The molecule has 0 atom stereocenters. The van der Waals surface area contributed by atoms with Crippen molar-refractivity contribution in [2.24, 2.45) is 0 Å². The number of sulfonamides is 1. The molecule has 1 fully saturated rings. The number of ether oxygens (including phenoxy) is 1. The monoisotopic (exact) mass is 408 g/mol. The van der Waals surface area contributed by atoms with Crippen LogP contribution in [0.1, 0.15) is 25.7 Å². The predicted octanol–water partition coefficient (Wildman–Crippen LogP) is 3.35. The number of carbonyl (C=O) groups excluding carboxylic acids is 1. The number of hydrogen-bond acceptors (Lipinski definition) is 5. The Kier molecular flexibility index (Phi) is 6.38. The summed E-state index contributed by atoms with van der Waals surface area (Å²) in [7, 11) is -2.37. The van der Waals surface area contributed by atoms with Crippen LogP contribution in [0.25, 0.3) is 0 Å². The van der Waals surface area contributed by atoms with Crippen LogP contribution < -0.4 is 9.04 Å². The summed E-state index contributed by atoms with van der Waals surface area (Å²) in [5.74, 6) is 0.240. The lowest BCUT2D eigenvalue weighted by Crippen LogP contribution is -2.43. The van der Waals surface area contributed by atoms with Gasteiger partial charge in [0.1, 0.15) is 16.5 Å². The van der Waals surface area contributed by atoms with E-state index in [4.69, 9.17) is 4.74 Å². The van der Waals surface area contributed by atoms with Gasteiger partial charge in [0.2, 0.25) is 5.91 Å². The van der Waals surface area contributed by atoms with Gasteiger partial charge in [-0.1, -0.05) is 31.0 Å². The molecule has 3 rings (SSSR count). The quantitative estimate of drug-likeness (QED) is 0.735. The maximum Gasteiger partial charge on any atom is 0.274 e. The smallest absolute Gasteiger partial charge is 0.274 e. The Bertz CT molecular complexity index is 858. The lowest BCUT2D eigenvalue weighted by molar-refractivity contribution is -0.129. The highest BCUT2D eigenvalue weighted by Crippen LogP contribution is 2.33. The molecule has 0 spiro atoms. The molecule has 27 heavy (non-hydrogen) atoms. The average molecular weight is 409 g/mol. The van der Waals surface area contributed by atoms with E-state index >= 15 is 0 Å². The van der Waals surface area contributed by atoms with E-state index < -0.39 is 10.0 Å². The van der Waals surface area contributed by atoms with E-state index in [9.17, 15) is 13.2 Å². The summed E-state index contributed by atoms with van der Waals surface area (Å²) in [6, 6.07) is 10.1. The summed E-state index contributed by atoms with van der Waals surface area (Å²) in [5.41, 5.74) is 0.372. The van der Waals surface area contributed by atoms with Crippen LogP contribution in [0.4, 0.5) is 5.69 Å². The van der Waals surface area contributed by atoms with E-state index in [0.717, 1.165) is 37.0 Å². The fraction of sp³-hybridized carbons (Fsp3) is 0.421. The number of nitrogens with zero attached hydrogens (tertiary/aromatic N) is 2. The van der Waals surface area contributed by atoms with Gasteiger partial charge in [0.15, 0.2) is 0 Å². The number of thiophene rings is 1. The van der Waals surface area contributed by atoms with Crippen LogP contribution in [0.15, 0.2) is 46.0 Å². The molecule has 8 heteroatoms. The van der Waals surface area contributed by atoms with Crippen LogP contribution in [0.2, 0.25) is 0 Å². The van der Waals surface area contributed by atoms with Gasteiger partial charge in [-0.05, 0) is 36.4 Å². The second-order valence-corrected chi connectivity index (χ2v) is 9.45. The Morgan fingerprint density at radius 2 is 1.81 bits per heavy atom. The second-order valence-electron chi connectivity index (χ2n) is 6.41. The maximum absolute atomic E-state index is 13.3. The predicted molar refractivity (Wildman–Crippen MR) is 107 cm³/mol. The van der Waals surface area contributed by atoms with Crippen LogP contribution in [-0.2, 0) is 14.8 Å². The summed E-state index contributed by atoms with van der Waals surface area (Å²) in [6.45, 7) is 1.12. The molecule has 2 aromatic rings. The Morgan fingerprint density at radius 1 is 1.11 bits per heavy atom. The summed E-state index contributed by atoms with van der Waals surface area (Å²) in [5, 5.41) is 1.71.